The number of aliphatic hydroxyl groups excluding tert-OH is 1. The van der Waals surface area contributed by atoms with Gasteiger partial charge in [0.2, 0.25) is 0 Å². The van der Waals surface area contributed by atoms with Gasteiger partial charge in [-0.15, -0.1) is 0 Å². The van der Waals surface area contributed by atoms with Crippen LogP contribution < -0.4 is 4.90 Å². The van der Waals surface area contributed by atoms with Crippen molar-refractivity contribution in [2.24, 2.45) is 0 Å². The first-order chi connectivity index (χ1) is 10.2. The lowest BCUT2D eigenvalue weighted by Crippen LogP contribution is -2.18. The van der Waals surface area contributed by atoms with Gasteiger partial charge in [-0.1, -0.05) is 42.2 Å². The van der Waals surface area contributed by atoms with E-state index in [-0.39, 0.29) is 12.4 Å². The standard InChI is InChI=1S/C18H18FNO/c1-20(18-12-5-4-11-17(18)19)14-16-10-3-2-8-15(16)9-6-7-13-21/h2-5,8,10-12,21H,7,13-14H2,1H3. The number of hydrogen-bond acceptors (Lipinski definition) is 2. The smallest absolute Gasteiger partial charge is 0.146 e. The van der Waals surface area contributed by atoms with E-state index in [1.54, 1.807) is 12.1 Å². The highest BCUT2D eigenvalue weighted by molar-refractivity contribution is 5.49. The van der Waals surface area contributed by atoms with Gasteiger partial charge in [-0.2, -0.15) is 0 Å². The minimum Gasteiger partial charge on any atom is -0.395 e. The molecule has 2 nitrogen and oxygen atoms in total. The summed E-state index contributed by atoms with van der Waals surface area (Å²) in [4.78, 5) is 1.86. The maximum absolute atomic E-state index is 13.8. The summed E-state index contributed by atoms with van der Waals surface area (Å²) in [5.41, 5.74) is 2.51. The van der Waals surface area contributed by atoms with Crippen LogP contribution in [-0.4, -0.2) is 18.8 Å². The molecule has 0 aliphatic carbocycles. The summed E-state index contributed by atoms with van der Waals surface area (Å²) in [7, 11) is 1.86. The van der Waals surface area contributed by atoms with Gasteiger partial charge in [0.25, 0.3) is 0 Å². The zero-order chi connectivity index (χ0) is 15.1. The van der Waals surface area contributed by atoms with Crippen LogP contribution in [0.2, 0.25) is 0 Å². The fourth-order valence-corrected chi connectivity index (χ4v) is 2.10. The zero-order valence-electron chi connectivity index (χ0n) is 12.0. The first-order valence-electron chi connectivity index (χ1n) is 6.85. The molecule has 3 heteroatoms. The second kappa shape index (κ2) is 7.47. The number of benzene rings is 2. The molecule has 0 unspecified atom stereocenters. The van der Waals surface area contributed by atoms with E-state index in [1.807, 2.05) is 42.3 Å². The molecule has 0 bridgehead atoms. The Morgan fingerprint density at radius 2 is 1.81 bits per heavy atom. The Labute approximate surface area is 124 Å². The van der Waals surface area contributed by atoms with E-state index >= 15 is 0 Å². The molecule has 1 N–H and O–H groups in total. The van der Waals surface area contributed by atoms with Gasteiger partial charge in [-0.3, -0.25) is 0 Å². The fourth-order valence-electron chi connectivity index (χ4n) is 2.10. The number of rotatable bonds is 4. The van der Waals surface area contributed by atoms with Crippen molar-refractivity contribution in [1.29, 1.82) is 0 Å². The van der Waals surface area contributed by atoms with E-state index < -0.39 is 0 Å². The lowest BCUT2D eigenvalue weighted by Gasteiger charge is -2.20. The van der Waals surface area contributed by atoms with E-state index in [9.17, 15) is 4.39 Å². The van der Waals surface area contributed by atoms with Gasteiger partial charge in [0.05, 0.1) is 12.3 Å². The third kappa shape index (κ3) is 4.08. The number of aliphatic hydroxyl groups is 1. The molecule has 0 fully saturated rings. The highest BCUT2D eigenvalue weighted by Crippen LogP contribution is 2.20. The van der Waals surface area contributed by atoms with Crippen LogP contribution in [0.15, 0.2) is 48.5 Å². The molecule has 0 aliphatic rings. The van der Waals surface area contributed by atoms with Crippen molar-refractivity contribution >= 4 is 5.69 Å². The third-order valence-corrected chi connectivity index (χ3v) is 3.15. The van der Waals surface area contributed by atoms with Gasteiger partial charge >= 0.3 is 0 Å². The van der Waals surface area contributed by atoms with Crippen molar-refractivity contribution < 1.29 is 9.50 Å². The van der Waals surface area contributed by atoms with Crippen LogP contribution in [0, 0.1) is 17.7 Å². The van der Waals surface area contributed by atoms with Crippen molar-refractivity contribution in [2.45, 2.75) is 13.0 Å². The number of halogens is 1. The topological polar surface area (TPSA) is 23.5 Å². The molecule has 0 radical (unpaired) electrons. The minimum atomic E-state index is -0.233. The molecule has 0 aromatic heterocycles. The van der Waals surface area contributed by atoms with E-state index in [0.29, 0.717) is 18.7 Å². The highest BCUT2D eigenvalue weighted by Gasteiger charge is 2.08. The Morgan fingerprint density at radius 1 is 1.10 bits per heavy atom. The molecular weight excluding hydrogens is 265 g/mol. The lowest BCUT2D eigenvalue weighted by atomic mass is 10.1. The summed E-state index contributed by atoms with van der Waals surface area (Å²) >= 11 is 0. The number of anilines is 1. The Bertz CT molecular complexity index is 658. The van der Waals surface area contributed by atoms with Gasteiger partial charge in [-0.05, 0) is 23.8 Å². The van der Waals surface area contributed by atoms with Crippen LogP contribution in [0.25, 0.3) is 0 Å². The van der Waals surface area contributed by atoms with Crippen LogP contribution in [0.1, 0.15) is 17.5 Å². The average molecular weight is 283 g/mol. The van der Waals surface area contributed by atoms with Gasteiger partial charge in [0.15, 0.2) is 0 Å². The Balaban J connectivity index is 2.20. The summed E-state index contributed by atoms with van der Waals surface area (Å²) in [6.45, 7) is 0.634. The molecule has 0 amide bonds. The van der Waals surface area contributed by atoms with E-state index in [0.717, 1.165) is 11.1 Å². The molecule has 0 atom stereocenters. The van der Waals surface area contributed by atoms with Gasteiger partial charge in [0, 0.05) is 25.6 Å². The molecule has 21 heavy (non-hydrogen) atoms. The predicted octanol–water partition coefficient (Wildman–Crippen LogP) is 3.20. The van der Waals surface area contributed by atoms with E-state index in [1.165, 1.54) is 6.07 Å². The maximum Gasteiger partial charge on any atom is 0.146 e. The van der Waals surface area contributed by atoms with Crippen molar-refractivity contribution in [3.63, 3.8) is 0 Å². The van der Waals surface area contributed by atoms with Crippen LogP contribution in [-0.2, 0) is 6.54 Å². The maximum atomic E-state index is 13.8. The SMILES string of the molecule is CN(Cc1ccccc1C#CCCO)c1ccccc1F. The fraction of sp³-hybridized carbons (Fsp3) is 0.222. The van der Waals surface area contributed by atoms with Gasteiger partial charge < -0.3 is 10.0 Å². The second-order valence-corrected chi connectivity index (χ2v) is 4.74. The van der Waals surface area contributed by atoms with Crippen molar-refractivity contribution in [3.05, 3.63) is 65.5 Å². The van der Waals surface area contributed by atoms with Crippen LogP contribution in [0.5, 0.6) is 0 Å². The van der Waals surface area contributed by atoms with Crippen molar-refractivity contribution in [1.82, 2.24) is 0 Å². The Morgan fingerprint density at radius 3 is 2.57 bits per heavy atom. The molecule has 2 aromatic carbocycles. The van der Waals surface area contributed by atoms with Gasteiger partial charge in [-0.25, -0.2) is 4.39 Å². The highest BCUT2D eigenvalue weighted by atomic mass is 19.1. The molecule has 0 heterocycles. The summed E-state index contributed by atoms with van der Waals surface area (Å²) in [6, 6.07) is 14.5. The Kier molecular flexibility index (Phi) is 5.36. The van der Waals surface area contributed by atoms with E-state index in [2.05, 4.69) is 11.8 Å². The normalized spacial score (nSPS) is 9.86. The Hall–Kier alpha value is -2.31. The predicted molar refractivity (Wildman–Crippen MR) is 83.5 cm³/mol. The molecule has 2 aromatic rings. The monoisotopic (exact) mass is 283 g/mol. The second-order valence-electron chi connectivity index (χ2n) is 4.74. The van der Waals surface area contributed by atoms with E-state index in [4.69, 9.17) is 5.11 Å². The molecule has 108 valence electrons. The molecule has 0 spiro atoms. The molecule has 0 saturated heterocycles. The number of hydrogen-bond donors (Lipinski definition) is 1. The van der Waals surface area contributed by atoms with Crippen LogP contribution in [0.4, 0.5) is 10.1 Å². The number of nitrogens with zero attached hydrogens (tertiary/aromatic N) is 1. The summed E-state index contributed by atoms with van der Waals surface area (Å²) in [6.07, 6.45) is 0.456. The largest absolute Gasteiger partial charge is 0.395 e. The minimum absolute atomic E-state index is 0.0598. The van der Waals surface area contributed by atoms with Crippen LogP contribution in [0.3, 0.4) is 0 Å². The van der Waals surface area contributed by atoms with Gasteiger partial charge in [0.1, 0.15) is 5.82 Å². The van der Waals surface area contributed by atoms with Crippen LogP contribution >= 0.6 is 0 Å². The molecular formula is C18H18FNO. The first-order valence-corrected chi connectivity index (χ1v) is 6.85. The molecule has 2 rings (SSSR count). The third-order valence-electron chi connectivity index (χ3n) is 3.15. The quantitative estimate of drug-likeness (QED) is 0.871. The summed E-state index contributed by atoms with van der Waals surface area (Å²) in [5, 5.41) is 8.79. The molecule has 0 saturated carbocycles. The molecule has 0 aliphatic heterocycles. The summed E-state index contributed by atoms with van der Waals surface area (Å²) in [5.74, 6) is 5.75. The average Bonchev–Trinajstić information content (AvgIpc) is 2.49. The van der Waals surface area contributed by atoms with Crippen molar-refractivity contribution in [2.75, 3.05) is 18.6 Å². The zero-order valence-corrected chi connectivity index (χ0v) is 12.0. The first kappa shape index (κ1) is 15.1. The lowest BCUT2D eigenvalue weighted by molar-refractivity contribution is 0.305. The number of para-hydroxylation sites is 1. The van der Waals surface area contributed by atoms with Crippen molar-refractivity contribution in [3.8, 4) is 11.8 Å². The summed E-state index contributed by atoms with van der Waals surface area (Å²) < 4.78 is 13.8.